The van der Waals surface area contributed by atoms with Crippen molar-refractivity contribution in [1.29, 1.82) is 0 Å². The van der Waals surface area contributed by atoms with Crippen LogP contribution in [0.5, 0.6) is 5.75 Å². The number of benzene rings is 1. The van der Waals surface area contributed by atoms with Crippen molar-refractivity contribution in [3.63, 3.8) is 0 Å². The molecule has 0 aliphatic carbocycles. The first-order valence-corrected chi connectivity index (χ1v) is 9.26. The summed E-state index contributed by atoms with van der Waals surface area (Å²) in [7, 11) is 1.60. The molecule has 0 saturated carbocycles. The van der Waals surface area contributed by atoms with E-state index < -0.39 is 0 Å². The van der Waals surface area contributed by atoms with Crippen LogP contribution in [0.2, 0.25) is 0 Å². The van der Waals surface area contributed by atoms with Crippen LogP contribution in [0.15, 0.2) is 55.1 Å². The van der Waals surface area contributed by atoms with Crippen molar-refractivity contribution in [2.75, 3.05) is 38.2 Å². The molecular formula is C21H22FN5O. The number of nitrogens with zero attached hydrogens (tertiary/aromatic N) is 5. The molecule has 0 bridgehead atoms. The molecule has 1 saturated heterocycles. The summed E-state index contributed by atoms with van der Waals surface area (Å²) in [4.78, 5) is 16.9. The lowest BCUT2D eigenvalue weighted by Crippen LogP contribution is -2.46. The minimum Gasteiger partial charge on any atom is -0.497 e. The monoisotopic (exact) mass is 379 g/mol. The molecule has 1 aliphatic heterocycles. The fraction of sp³-hybridized carbons (Fsp3) is 0.286. The number of methoxy groups -OCH3 is 1. The quantitative estimate of drug-likeness (QED) is 0.679. The van der Waals surface area contributed by atoms with Crippen molar-refractivity contribution in [2.24, 2.45) is 0 Å². The average molecular weight is 379 g/mol. The van der Waals surface area contributed by atoms with Crippen LogP contribution in [0.1, 0.15) is 5.56 Å². The number of rotatable bonds is 5. The maximum atomic E-state index is 15.1. The molecule has 0 N–H and O–H groups in total. The van der Waals surface area contributed by atoms with E-state index in [2.05, 4.69) is 25.9 Å². The van der Waals surface area contributed by atoms with Gasteiger partial charge in [-0.05, 0) is 35.9 Å². The molecule has 3 heterocycles. The maximum absolute atomic E-state index is 15.1. The zero-order valence-electron chi connectivity index (χ0n) is 15.8. The van der Waals surface area contributed by atoms with E-state index in [0.717, 1.165) is 38.5 Å². The lowest BCUT2D eigenvalue weighted by Gasteiger charge is -2.35. The maximum Gasteiger partial charge on any atom is 0.191 e. The van der Waals surface area contributed by atoms with Crippen LogP contribution in [-0.4, -0.2) is 53.1 Å². The summed E-state index contributed by atoms with van der Waals surface area (Å²) in [6.45, 7) is 3.98. The van der Waals surface area contributed by atoms with Crippen LogP contribution in [0.25, 0.3) is 11.3 Å². The van der Waals surface area contributed by atoms with Gasteiger partial charge in [-0.1, -0.05) is 6.07 Å². The Bertz CT molecular complexity index is 912. The highest BCUT2D eigenvalue weighted by Crippen LogP contribution is 2.28. The van der Waals surface area contributed by atoms with Crippen LogP contribution in [-0.2, 0) is 6.54 Å². The van der Waals surface area contributed by atoms with E-state index in [1.807, 2.05) is 17.2 Å². The van der Waals surface area contributed by atoms with Crippen molar-refractivity contribution >= 4 is 5.82 Å². The molecule has 0 unspecified atom stereocenters. The topological polar surface area (TPSA) is 54.4 Å². The Kier molecular flexibility index (Phi) is 5.43. The van der Waals surface area contributed by atoms with Crippen molar-refractivity contribution in [3.05, 3.63) is 66.5 Å². The molecule has 28 heavy (non-hydrogen) atoms. The van der Waals surface area contributed by atoms with E-state index in [0.29, 0.717) is 17.1 Å². The lowest BCUT2D eigenvalue weighted by atomic mass is 10.1. The summed E-state index contributed by atoms with van der Waals surface area (Å²) >= 11 is 0. The summed E-state index contributed by atoms with van der Waals surface area (Å²) in [6.07, 6.45) is 5.09. The predicted octanol–water partition coefficient (Wildman–Crippen LogP) is 3.01. The van der Waals surface area contributed by atoms with Crippen molar-refractivity contribution in [1.82, 2.24) is 19.9 Å². The molecule has 144 valence electrons. The number of ether oxygens (including phenoxy) is 1. The summed E-state index contributed by atoms with van der Waals surface area (Å²) in [5, 5.41) is 0. The summed E-state index contributed by atoms with van der Waals surface area (Å²) in [5.41, 5.74) is 2.20. The zero-order valence-corrected chi connectivity index (χ0v) is 15.8. The summed E-state index contributed by atoms with van der Waals surface area (Å²) < 4.78 is 20.3. The van der Waals surface area contributed by atoms with Gasteiger partial charge in [0.15, 0.2) is 11.6 Å². The van der Waals surface area contributed by atoms with Gasteiger partial charge in [0.2, 0.25) is 0 Å². The number of hydrogen-bond acceptors (Lipinski definition) is 6. The van der Waals surface area contributed by atoms with Gasteiger partial charge in [-0.15, -0.1) is 0 Å². The van der Waals surface area contributed by atoms with E-state index in [-0.39, 0.29) is 5.82 Å². The number of anilines is 1. The smallest absolute Gasteiger partial charge is 0.191 e. The highest BCUT2D eigenvalue weighted by Gasteiger charge is 2.23. The van der Waals surface area contributed by atoms with Crippen LogP contribution in [0.4, 0.5) is 10.2 Å². The Morgan fingerprint density at radius 3 is 2.50 bits per heavy atom. The van der Waals surface area contributed by atoms with Gasteiger partial charge in [0, 0.05) is 50.7 Å². The first-order chi connectivity index (χ1) is 13.7. The molecule has 2 aromatic heterocycles. The van der Waals surface area contributed by atoms with Gasteiger partial charge in [0.1, 0.15) is 17.8 Å². The van der Waals surface area contributed by atoms with Gasteiger partial charge in [-0.3, -0.25) is 9.88 Å². The normalized spacial score (nSPS) is 14.9. The molecule has 0 spiro atoms. The van der Waals surface area contributed by atoms with Crippen LogP contribution in [0.3, 0.4) is 0 Å². The average Bonchev–Trinajstić information content (AvgIpc) is 2.75. The van der Waals surface area contributed by atoms with Gasteiger partial charge in [-0.25, -0.2) is 14.4 Å². The second kappa shape index (κ2) is 8.31. The predicted molar refractivity (Wildman–Crippen MR) is 106 cm³/mol. The van der Waals surface area contributed by atoms with Crippen LogP contribution in [0, 0.1) is 5.82 Å². The Hall–Kier alpha value is -3.06. The lowest BCUT2D eigenvalue weighted by molar-refractivity contribution is 0.248. The number of aromatic nitrogens is 3. The van der Waals surface area contributed by atoms with Crippen molar-refractivity contribution in [3.8, 4) is 17.0 Å². The van der Waals surface area contributed by atoms with E-state index in [1.165, 1.54) is 11.9 Å². The number of halogens is 1. The van der Waals surface area contributed by atoms with Crippen LogP contribution >= 0.6 is 0 Å². The Morgan fingerprint density at radius 1 is 1.04 bits per heavy atom. The highest BCUT2D eigenvalue weighted by atomic mass is 19.1. The number of pyridine rings is 1. The van der Waals surface area contributed by atoms with Gasteiger partial charge in [0.05, 0.1) is 7.11 Å². The molecule has 1 aliphatic rings. The van der Waals surface area contributed by atoms with Crippen molar-refractivity contribution in [2.45, 2.75) is 6.54 Å². The van der Waals surface area contributed by atoms with Gasteiger partial charge < -0.3 is 9.64 Å². The first-order valence-electron chi connectivity index (χ1n) is 9.26. The van der Waals surface area contributed by atoms with E-state index in [9.17, 15) is 0 Å². The van der Waals surface area contributed by atoms with Gasteiger partial charge in [0.25, 0.3) is 0 Å². The van der Waals surface area contributed by atoms with Gasteiger partial charge >= 0.3 is 0 Å². The number of piperazine rings is 1. The molecule has 1 aromatic carbocycles. The molecule has 4 rings (SSSR count). The SMILES string of the molecule is COc1ccc(-c2ncnc(N3CCN(Cc4cccnc4)CC3)c2F)cc1. The summed E-state index contributed by atoms with van der Waals surface area (Å²) in [5.74, 6) is 0.707. The Morgan fingerprint density at radius 2 is 1.82 bits per heavy atom. The fourth-order valence-electron chi connectivity index (χ4n) is 3.40. The van der Waals surface area contributed by atoms with Crippen molar-refractivity contribution < 1.29 is 9.13 Å². The Labute approximate surface area is 163 Å². The second-order valence-electron chi connectivity index (χ2n) is 6.71. The molecule has 3 aromatic rings. The third-order valence-electron chi connectivity index (χ3n) is 4.94. The largest absolute Gasteiger partial charge is 0.497 e. The minimum atomic E-state index is -0.381. The van der Waals surface area contributed by atoms with Gasteiger partial charge in [-0.2, -0.15) is 0 Å². The number of hydrogen-bond donors (Lipinski definition) is 0. The fourth-order valence-corrected chi connectivity index (χ4v) is 3.40. The Balaban J connectivity index is 1.46. The standard InChI is InChI=1S/C21H22FN5O/c1-28-18-6-4-17(5-7-18)20-19(22)21(25-15-24-20)27-11-9-26(10-12-27)14-16-3-2-8-23-13-16/h2-8,13,15H,9-12,14H2,1H3. The highest BCUT2D eigenvalue weighted by molar-refractivity contribution is 5.64. The van der Waals surface area contributed by atoms with Crippen LogP contribution < -0.4 is 9.64 Å². The summed E-state index contributed by atoms with van der Waals surface area (Å²) in [6, 6.07) is 11.2. The molecule has 1 fully saturated rings. The van der Waals surface area contributed by atoms with E-state index in [1.54, 1.807) is 37.6 Å². The zero-order chi connectivity index (χ0) is 19.3. The van der Waals surface area contributed by atoms with E-state index >= 15 is 4.39 Å². The molecular weight excluding hydrogens is 357 g/mol. The molecule has 0 amide bonds. The molecule has 7 heteroatoms. The minimum absolute atomic E-state index is 0.311. The third-order valence-corrected chi connectivity index (χ3v) is 4.94. The first kappa shape index (κ1) is 18.3. The molecule has 0 atom stereocenters. The molecule has 6 nitrogen and oxygen atoms in total. The molecule has 0 radical (unpaired) electrons. The third kappa shape index (κ3) is 3.94. The second-order valence-corrected chi connectivity index (χ2v) is 6.71. The van der Waals surface area contributed by atoms with E-state index in [4.69, 9.17) is 4.74 Å².